The molecule has 0 rings (SSSR count). The van der Waals surface area contributed by atoms with Crippen LogP contribution in [0.1, 0.15) is 6.92 Å². The zero-order valence-corrected chi connectivity index (χ0v) is 7.71. The van der Waals surface area contributed by atoms with Crippen molar-refractivity contribution < 1.29 is 24.5 Å². The number of carbonyl (C=O) groups is 2. The largest absolute Gasteiger partial charge is 0.480 e. The first-order valence-corrected chi connectivity index (χ1v) is 3.94. The Labute approximate surface area is 80.6 Å². The maximum atomic E-state index is 10.4. The highest BCUT2D eigenvalue weighted by molar-refractivity contribution is 5.74. The van der Waals surface area contributed by atoms with E-state index in [1.165, 1.54) is 6.92 Å². The van der Waals surface area contributed by atoms with Crippen LogP contribution in [-0.2, 0) is 14.3 Å². The van der Waals surface area contributed by atoms with Crippen LogP contribution in [0.2, 0.25) is 0 Å². The molecule has 82 valence electrons. The molecule has 7 nitrogen and oxygen atoms in total. The molecule has 0 aromatic rings. The maximum absolute atomic E-state index is 10.4. The number of rotatable bonds is 6. The molecular weight excluding hydrogens is 192 g/mol. The van der Waals surface area contributed by atoms with Gasteiger partial charge in [-0.1, -0.05) is 0 Å². The smallest absolute Gasteiger partial charge is 0.323 e. The van der Waals surface area contributed by atoms with Crippen LogP contribution in [-0.4, -0.2) is 46.9 Å². The van der Waals surface area contributed by atoms with Gasteiger partial charge in [0.05, 0.1) is 12.7 Å². The molecular formula is C7H14N2O5. The van der Waals surface area contributed by atoms with Crippen LogP contribution in [0.5, 0.6) is 0 Å². The highest BCUT2D eigenvalue weighted by Crippen LogP contribution is 1.97. The fraction of sp³-hybridized carbons (Fsp3) is 0.714. The van der Waals surface area contributed by atoms with Gasteiger partial charge in [-0.25, -0.2) is 0 Å². The molecule has 0 amide bonds. The van der Waals surface area contributed by atoms with Gasteiger partial charge < -0.3 is 26.4 Å². The van der Waals surface area contributed by atoms with E-state index in [1.54, 1.807) is 0 Å². The topological polar surface area (TPSA) is 136 Å². The second-order valence-electron chi connectivity index (χ2n) is 2.85. The summed E-state index contributed by atoms with van der Waals surface area (Å²) in [5.41, 5.74) is 10.3. The summed E-state index contributed by atoms with van der Waals surface area (Å²) in [5.74, 6) is -2.41. The van der Waals surface area contributed by atoms with E-state index in [1.807, 2.05) is 0 Å². The van der Waals surface area contributed by atoms with Crippen LogP contribution in [0.4, 0.5) is 0 Å². The van der Waals surface area contributed by atoms with Gasteiger partial charge in [-0.05, 0) is 6.92 Å². The molecule has 0 heterocycles. The Kier molecular flexibility index (Phi) is 5.06. The molecule has 0 fully saturated rings. The average Bonchev–Trinajstić information content (AvgIpc) is 2.11. The Bertz CT molecular complexity index is 220. The fourth-order valence-electron chi connectivity index (χ4n) is 0.631. The Morgan fingerprint density at radius 1 is 1.29 bits per heavy atom. The van der Waals surface area contributed by atoms with Crippen LogP contribution in [0.25, 0.3) is 0 Å². The van der Waals surface area contributed by atoms with Crippen LogP contribution >= 0.6 is 0 Å². The first-order chi connectivity index (χ1) is 6.36. The summed E-state index contributed by atoms with van der Waals surface area (Å²) < 4.78 is 4.88. The molecule has 0 aliphatic carbocycles. The van der Waals surface area contributed by atoms with Crippen LogP contribution < -0.4 is 11.5 Å². The van der Waals surface area contributed by atoms with E-state index in [0.29, 0.717) is 0 Å². The number of nitrogens with two attached hydrogens (primary N) is 2. The van der Waals surface area contributed by atoms with Crippen molar-refractivity contribution in [2.24, 2.45) is 11.5 Å². The van der Waals surface area contributed by atoms with E-state index in [9.17, 15) is 9.59 Å². The van der Waals surface area contributed by atoms with Gasteiger partial charge in [0.1, 0.15) is 12.1 Å². The highest BCUT2D eigenvalue weighted by atomic mass is 16.5. The first-order valence-electron chi connectivity index (χ1n) is 3.94. The molecule has 6 N–H and O–H groups in total. The monoisotopic (exact) mass is 206 g/mol. The van der Waals surface area contributed by atoms with Crippen molar-refractivity contribution in [3.63, 3.8) is 0 Å². The van der Waals surface area contributed by atoms with E-state index in [-0.39, 0.29) is 6.61 Å². The minimum absolute atomic E-state index is 0.266. The van der Waals surface area contributed by atoms with Crippen molar-refractivity contribution in [1.82, 2.24) is 0 Å². The van der Waals surface area contributed by atoms with Gasteiger partial charge in [0, 0.05) is 0 Å². The molecule has 0 saturated carbocycles. The summed E-state index contributed by atoms with van der Waals surface area (Å²) in [4.78, 5) is 20.6. The van der Waals surface area contributed by atoms with E-state index in [2.05, 4.69) is 0 Å². The molecule has 14 heavy (non-hydrogen) atoms. The molecule has 0 aromatic heterocycles. The zero-order valence-electron chi connectivity index (χ0n) is 7.71. The molecule has 0 bridgehead atoms. The van der Waals surface area contributed by atoms with Crippen LogP contribution in [0.3, 0.4) is 0 Å². The molecule has 0 aromatic carbocycles. The Morgan fingerprint density at radius 2 is 1.79 bits per heavy atom. The van der Waals surface area contributed by atoms with Crippen molar-refractivity contribution in [3.05, 3.63) is 0 Å². The predicted molar refractivity (Wildman–Crippen MR) is 46.6 cm³/mol. The molecule has 0 aliphatic heterocycles. The van der Waals surface area contributed by atoms with E-state index < -0.39 is 30.1 Å². The number of hydrogen-bond acceptors (Lipinski definition) is 5. The van der Waals surface area contributed by atoms with Crippen molar-refractivity contribution in [2.45, 2.75) is 25.1 Å². The number of ether oxygens (including phenoxy) is 1. The molecule has 0 spiro atoms. The lowest BCUT2D eigenvalue weighted by molar-refractivity contribution is -0.143. The number of hydrogen-bond donors (Lipinski definition) is 4. The SMILES string of the molecule is C[C@H](OC[C@H](N)C(=O)O)[C@@H](N)C(=O)O. The number of aliphatic carboxylic acids is 2. The zero-order chi connectivity index (χ0) is 11.3. The lowest BCUT2D eigenvalue weighted by atomic mass is 10.2. The molecule has 7 heteroatoms. The third-order valence-electron chi connectivity index (χ3n) is 1.65. The van der Waals surface area contributed by atoms with Crippen molar-refractivity contribution >= 4 is 11.9 Å². The lowest BCUT2D eigenvalue weighted by Gasteiger charge is -2.17. The van der Waals surface area contributed by atoms with Crippen molar-refractivity contribution in [1.29, 1.82) is 0 Å². The molecule has 0 aliphatic rings. The van der Waals surface area contributed by atoms with E-state index in [0.717, 1.165) is 0 Å². The standard InChI is InChI=1S/C7H14N2O5/c1-3(5(9)7(12)13)14-2-4(8)6(10)11/h3-5H,2,8-9H2,1H3,(H,10,11)(H,12,13)/t3-,4-,5+/m0/s1. The van der Waals surface area contributed by atoms with Gasteiger partial charge in [0.15, 0.2) is 0 Å². The van der Waals surface area contributed by atoms with E-state index in [4.69, 9.17) is 26.4 Å². The normalized spacial score (nSPS) is 17.1. The Hall–Kier alpha value is -1.18. The third-order valence-corrected chi connectivity index (χ3v) is 1.65. The summed E-state index contributed by atoms with van der Waals surface area (Å²) >= 11 is 0. The first kappa shape index (κ1) is 12.8. The Morgan fingerprint density at radius 3 is 2.14 bits per heavy atom. The minimum atomic E-state index is -1.21. The van der Waals surface area contributed by atoms with Gasteiger partial charge in [0.25, 0.3) is 0 Å². The van der Waals surface area contributed by atoms with E-state index >= 15 is 0 Å². The summed E-state index contributed by atoms with van der Waals surface area (Å²) in [5, 5.41) is 16.9. The van der Waals surface area contributed by atoms with Crippen molar-refractivity contribution in [3.8, 4) is 0 Å². The Balaban J connectivity index is 3.90. The van der Waals surface area contributed by atoms with Crippen LogP contribution in [0.15, 0.2) is 0 Å². The minimum Gasteiger partial charge on any atom is -0.480 e. The molecule has 0 unspecified atom stereocenters. The van der Waals surface area contributed by atoms with Gasteiger partial charge in [-0.2, -0.15) is 0 Å². The number of carboxylic acids is 2. The second-order valence-corrected chi connectivity index (χ2v) is 2.85. The predicted octanol–water partition coefficient (Wildman–Crippen LogP) is -1.78. The van der Waals surface area contributed by atoms with Crippen LogP contribution in [0, 0.1) is 0 Å². The summed E-state index contributed by atoms with van der Waals surface area (Å²) in [6.45, 7) is 1.17. The lowest BCUT2D eigenvalue weighted by Crippen LogP contribution is -2.44. The van der Waals surface area contributed by atoms with Crippen molar-refractivity contribution in [2.75, 3.05) is 6.61 Å². The average molecular weight is 206 g/mol. The number of carboxylic acid groups (broad SMARTS) is 2. The maximum Gasteiger partial charge on any atom is 0.323 e. The highest BCUT2D eigenvalue weighted by Gasteiger charge is 2.22. The quantitative estimate of drug-likeness (QED) is 0.403. The third kappa shape index (κ3) is 4.17. The van der Waals surface area contributed by atoms with Gasteiger partial charge in [0.2, 0.25) is 0 Å². The second kappa shape index (κ2) is 5.53. The summed E-state index contributed by atoms with van der Waals surface area (Å²) in [6, 6.07) is -2.35. The molecule has 0 saturated heterocycles. The van der Waals surface area contributed by atoms with Gasteiger partial charge in [-0.3, -0.25) is 9.59 Å². The van der Waals surface area contributed by atoms with Gasteiger partial charge in [-0.15, -0.1) is 0 Å². The summed E-state index contributed by atoms with van der Waals surface area (Å²) in [6.07, 6.45) is -0.780. The van der Waals surface area contributed by atoms with Gasteiger partial charge >= 0.3 is 11.9 Å². The molecule has 3 atom stereocenters. The molecule has 0 radical (unpaired) electrons. The fourth-order valence-corrected chi connectivity index (χ4v) is 0.631. The summed E-state index contributed by atoms with van der Waals surface area (Å²) in [7, 11) is 0.